The quantitative estimate of drug-likeness (QED) is 0.730. The summed E-state index contributed by atoms with van der Waals surface area (Å²) in [5.74, 6) is 1.73. The van der Waals surface area contributed by atoms with Gasteiger partial charge in [-0.15, -0.1) is 23.1 Å². The van der Waals surface area contributed by atoms with Crippen molar-refractivity contribution >= 4 is 45.0 Å². The molecule has 0 saturated heterocycles. The number of thiophene rings is 1. The van der Waals surface area contributed by atoms with Crippen LogP contribution in [0.2, 0.25) is 0 Å². The Kier molecular flexibility index (Phi) is 4.96. The number of rotatable bonds is 5. The zero-order chi connectivity index (χ0) is 17.1. The van der Waals surface area contributed by atoms with E-state index in [1.54, 1.807) is 6.07 Å². The Morgan fingerprint density at radius 1 is 1.33 bits per heavy atom. The molecule has 0 unspecified atom stereocenters. The van der Waals surface area contributed by atoms with E-state index in [1.165, 1.54) is 23.1 Å². The number of thioether (sulfide) groups is 1. The van der Waals surface area contributed by atoms with Crippen LogP contribution in [0.4, 0.5) is 5.82 Å². The summed E-state index contributed by atoms with van der Waals surface area (Å²) in [4.78, 5) is 37.2. The van der Waals surface area contributed by atoms with Crippen LogP contribution < -0.4 is 10.9 Å². The number of anilines is 1. The fourth-order valence-electron chi connectivity index (χ4n) is 2.20. The standard InChI is InChI=1S/C16H16N4O2S2/c1-9-4-3-5-12(17-9)18-14(21)8-23-7-13-19-15(22)11-6-10(2)24-16(11)20-13/h3-6H,7-8H2,1-2H3,(H,17,18,21)(H,19,20,22). The van der Waals surface area contributed by atoms with E-state index in [-0.39, 0.29) is 17.2 Å². The Morgan fingerprint density at radius 3 is 2.96 bits per heavy atom. The highest BCUT2D eigenvalue weighted by Gasteiger charge is 2.09. The normalized spacial score (nSPS) is 10.9. The summed E-state index contributed by atoms with van der Waals surface area (Å²) in [6.45, 7) is 3.82. The summed E-state index contributed by atoms with van der Waals surface area (Å²) in [5.41, 5.74) is 0.718. The molecule has 3 rings (SSSR count). The lowest BCUT2D eigenvalue weighted by Crippen LogP contribution is -2.16. The number of hydrogen-bond donors (Lipinski definition) is 2. The summed E-state index contributed by atoms with van der Waals surface area (Å²) in [5, 5.41) is 3.37. The molecule has 0 spiro atoms. The van der Waals surface area contributed by atoms with Crippen molar-refractivity contribution in [3.63, 3.8) is 0 Å². The van der Waals surface area contributed by atoms with Crippen LogP contribution in [0.25, 0.3) is 10.2 Å². The van der Waals surface area contributed by atoms with Crippen molar-refractivity contribution in [2.45, 2.75) is 19.6 Å². The number of pyridine rings is 1. The zero-order valence-electron chi connectivity index (χ0n) is 13.3. The van der Waals surface area contributed by atoms with Crippen LogP contribution in [0.1, 0.15) is 16.4 Å². The van der Waals surface area contributed by atoms with Crippen LogP contribution in [0.15, 0.2) is 29.1 Å². The molecule has 24 heavy (non-hydrogen) atoms. The first-order chi connectivity index (χ1) is 11.5. The number of nitrogens with zero attached hydrogens (tertiary/aromatic N) is 2. The van der Waals surface area contributed by atoms with Gasteiger partial charge in [-0.05, 0) is 32.0 Å². The van der Waals surface area contributed by atoms with Gasteiger partial charge in [0.25, 0.3) is 5.56 Å². The van der Waals surface area contributed by atoms with Gasteiger partial charge in [0.2, 0.25) is 5.91 Å². The van der Waals surface area contributed by atoms with E-state index in [1.807, 2.05) is 32.0 Å². The van der Waals surface area contributed by atoms with Gasteiger partial charge in [0.15, 0.2) is 0 Å². The van der Waals surface area contributed by atoms with E-state index in [2.05, 4.69) is 20.3 Å². The summed E-state index contributed by atoms with van der Waals surface area (Å²) in [7, 11) is 0. The summed E-state index contributed by atoms with van der Waals surface area (Å²) in [6.07, 6.45) is 0. The molecular weight excluding hydrogens is 344 g/mol. The number of carbonyl (C=O) groups excluding carboxylic acids is 1. The number of nitrogens with one attached hydrogen (secondary N) is 2. The first kappa shape index (κ1) is 16.7. The van der Waals surface area contributed by atoms with Gasteiger partial charge in [-0.3, -0.25) is 9.59 Å². The highest BCUT2D eigenvalue weighted by atomic mass is 32.2. The van der Waals surface area contributed by atoms with Crippen LogP contribution in [-0.4, -0.2) is 26.6 Å². The molecule has 3 heterocycles. The molecule has 2 N–H and O–H groups in total. The Labute approximate surface area is 146 Å². The molecule has 0 aliphatic heterocycles. The number of carbonyl (C=O) groups is 1. The monoisotopic (exact) mass is 360 g/mol. The van der Waals surface area contributed by atoms with Gasteiger partial charge in [0.05, 0.1) is 16.9 Å². The minimum atomic E-state index is -0.131. The van der Waals surface area contributed by atoms with Crippen LogP contribution in [-0.2, 0) is 10.5 Å². The van der Waals surface area contributed by atoms with Gasteiger partial charge >= 0.3 is 0 Å². The second kappa shape index (κ2) is 7.14. The predicted octanol–water partition coefficient (Wildman–Crippen LogP) is 2.87. The first-order valence-electron chi connectivity index (χ1n) is 7.32. The third kappa shape index (κ3) is 4.01. The van der Waals surface area contributed by atoms with E-state index in [9.17, 15) is 9.59 Å². The van der Waals surface area contributed by atoms with Crippen LogP contribution in [0.5, 0.6) is 0 Å². The minimum Gasteiger partial charge on any atom is -0.310 e. The SMILES string of the molecule is Cc1cccc(NC(=O)CSCc2nc3sc(C)cc3c(=O)[nH]2)n1. The van der Waals surface area contributed by atoms with Crippen molar-refractivity contribution in [3.05, 3.63) is 51.0 Å². The Hall–Kier alpha value is -2.19. The molecule has 0 saturated carbocycles. The molecule has 3 aromatic heterocycles. The Morgan fingerprint density at radius 2 is 2.17 bits per heavy atom. The largest absolute Gasteiger partial charge is 0.310 e. The van der Waals surface area contributed by atoms with Gasteiger partial charge in [0.1, 0.15) is 16.5 Å². The fourth-order valence-corrected chi connectivity index (χ4v) is 3.79. The van der Waals surface area contributed by atoms with Crippen molar-refractivity contribution < 1.29 is 4.79 Å². The second-order valence-electron chi connectivity index (χ2n) is 5.29. The lowest BCUT2D eigenvalue weighted by molar-refractivity contribution is -0.113. The Bertz CT molecular complexity index is 949. The van der Waals surface area contributed by atoms with Crippen molar-refractivity contribution in [2.75, 3.05) is 11.1 Å². The summed E-state index contributed by atoms with van der Waals surface area (Å²) < 4.78 is 0. The number of H-pyrrole nitrogens is 1. The van der Waals surface area contributed by atoms with Crippen molar-refractivity contribution in [2.24, 2.45) is 0 Å². The molecule has 0 bridgehead atoms. The number of fused-ring (bicyclic) bond motifs is 1. The van der Waals surface area contributed by atoms with Crippen LogP contribution in [0.3, 0.4) is 0 Å². The van der Waals surface area contributed by atoms with Crippen LogP contribution >= 0.6 is 23.1 Å². The molecule has 0 radical (unpaired) electrons. The number of hydrogen-bond acceptors (Lipinski definition) is 6. The molecular formula is C16H16N4O2S2. The average Bonchev–Trinajstić information content (AvgIpc) is 2.88. The molecule has 0 aliphatic rings. The van der Waals surface area contributed by atoms with E-state index in [4.69, 9.17) is 0 Å². The lowest BCUT2D eigenvalue weighted by atomic mass is 10.4. The van der Waals surface area contributed by atoms with Gasteiger partial charge < -0.3 is 10.3 Å². The molecule has 1 amide bonds. The maximum atomic E-state index is 12.0. The highest BCUT2D eigenvalue weighted by Crippen LogP contribution is 2.20. The molecule has 3 aromatic rings. The lowest BCUT2D eigenvalue weighted by Gasteiger charge is -2.05. The number of amides is 1. The number of aromatic amines is 1. The van der Waals surface area contributed by atoms with Crippen molar-refractivity contribution in [3.8, 4) is 0 Å². The molecule has 0 atom stereocenters. The maximum Gasteiger partial charge on any atom is 0.259 e. The summed E-state index contributed by atoms with van der Waals surface area (Å²) in [6, 6.07) is 7.31. The van der Waals surface area contributed by atoms with Crippen molar-refractivity contribution in [1.82, 2.24) is 15.0 Å². The van der Waals surface area contributed by atoms with Crippen molar-refractivity contribution in [1.29, 1.82) is 0 Å². The molecule has 0 aromatic carbocycles. The number of aryl methyl sites for hydroxylation is 2. The van der Waals surface area contributed by atoms with Gasteiger partial charge in [-0.2, -0.15) is 0 Å². The third-order valence-corrected chi connectivity index (χ3v) is 5.09. The average molecular weight is 360 g/mol. The van der Waals surface area contributed by atoms with E-state index >= 15 is 0 Å². The van der Waals surface area contributed by atoms with E-state index in [0.717, 1.165) is 15.4 Å². The highest BCUT2D eigenvalue weighted by molar-refractivity contribution is 7.99. The van der Waals surface area contributed by atoms with Gasteiger partial charge in [0, 0.05) is 10.6 Å². The second-order valence-corrected chi connectivity index (χ2v) is 7.51. The molecule has 0 fully saturated rings. The smallest absolute Gasteiger partial charge is 0.259 e. The first-order valence-corrected chi connectivity index (χ1v) is 9.29. The fraction of sp³-hybridized carbons (Fsp3) is 0.250. The maximum absolute atomic E-state index is 12.0. The molecule has 124 valence electrons. The van der Waals surface area contributed by atoms with Gasteiger partial charge in [-0.1, -0.05) is 6.07 Å². The molecule has 8 heteroatoms. The predicted molar refractivity (Wildman–Crippen MR) is 98.7 cm³/mol. The van der Waals surface area contributed by atoms with E-state index < -0.39 is 0 Å². The topological polar surface area (TPSA) is 87.7 Å². The zero-order valence-corrected chi connectivity index (χ0v) is 14.9. The number of aromatic nitrogens is 3. The molecule has 6 nitrogen and oxygen atoms in total. The Balaban J connectivity index is 1.58. The van der Waals surface area contributed by atoms with Crippen LogP contribution in [0, 0.1) is 13.8 Å². The van der Waals surface area contributed by atoms with Gasteiger partial charge in [-0.25, -0.2) is 9.97 Å². The summed E-state index contributed by atoms with van der Waals surface area (Å²) >= 11 is 2.89. The molecule has 0 aliphatic carbocycles. The minimum absolute atomic E-state index is 0.131. The third-order valence-electron chi connectivity index (χ3n) is 3.20. The van der Waals surface area contributed by atoms with E-state index in [0.29, 0.717) is 22.8 Å².